The summed E-state index contributed by atoms with van der Waals surface area (Å²) in [6, 6.07) is 3.47. The standard InChI is InChI=1S/C18H23FN4OS/c1-12-14-10-15(18(24)21-25-22-8-5-9-22)16(19)11-17(14)23(20-12)13-6-3-2-4-7-13/h10-11,13H,2-9H2,1H3,(H,21,24). The van der Waals surface area contributed by atoms with E-state index in [1.54, 1.807) is 6.07 Å². The Bertz CT molecular complexity index is 796. The van der Waals surface area contributed by atoms with E-state index in [4.69, 9.17) is 0 Å². The Hall–Kier alpha value is -1.60. The topological polar surface area (TPSA) is 50.2 Å². The van der Waals surface area contributed by atoms with Gasteiger partial charge in [-0.15, -0.1) is 0 Å². The van der Waals surface area contributed by atoms with E-state index in [9.17, 15) is 9.18 Å². The number of aryl methyl sites for hydroxylation is 1. The molecule has 7 heteroatoms. The molecule has 1 aromatic heterocycles. The molecule has 1 N–H and O–H groups in total. The van der Waals surface area contributed by atoms with Crippen molar-refractivity contribution in [2.24, 2.45) is 0 Å². The van der Waals surface area contributed by atoms with Crippen LogP contribution < -0.4 is 4.72 Å². The minimum Gasteiger partial charge on any atom is -0.283 e. The third-order valence-electron chi connectivity index (χ3n) is 5.23. The fourth-order valence-electron chi connectivity index (χ4n) is 3.63. The molecule has 0 bridgehead atoms. The number of nitrogens with zero attached hydrogens (tertiary/aromatic N) is 3. The van der Waals surface area contributed by atoms with Gasteiger partial charge >= 0.3 is 0 Å². The lowest BCUT2D eigenvalue weighted by atomic mass is 9.95. The number of halogens is 1. The van der Waals surface area contributed by atoms with Gasteiger partial charge in [0.2, 0.25) is 0 Å². The zero-order chi connectivity index (χ0) is 17.4. The van der Waals surface area contributed by atoms with Crippen LogP contribution in [0.4, 0.5) is 4.39 Å². The highest BCUT2D eigenvalue weighted by molar-refractivity contribution is 7.95. The third-order valence-corrected chi connectivity index (χ3v) is 6.13. The molecule has 0 radical (unpaired) electrons. The molecule has 1 aromatic carbocycles. The zero-order valence-corrected chi connectivity index (χ0v) is 15.2. The van der Waals surface area contributed by atoms with Crippen LogP contribution in [0, 0.1) is 12.7 Å². The van der Waals surface area contributed by atoms with Crippen LogP contribution in [0.1, 0.15) is 60.6 Å². The quantitative estimate of drug-likeness (QED) is 0.836. The van der Waals surface area contributed by atoms with Crippen molar-refractivity contribution in [3.63, 3.8) is 0 Å². The molecule has 2 fully saturated rings. The van der Waals surface area contributed by atoms with E-state index < -0.39 is 5.82 Å². The van der Waals surface area contributed by atoms with Crippen molar-refractivity contribution in [2.45, 2.75) is 51.5 Å². The highest BCUT2D eigenvalue weighted by Gasteiger charge is 2.23. The van der Waals surface area contributed by atoms with E-state index in [0.717, 1.165) is 48.9 Å². The number of aromatic nitrogens is 2. The van der Waals surface area contributed by atoms with E-state index in [0.29, 0.717) is 6.04 Å². The molecular formula is C18H23FN4OS. The first kappa shape index (κ1) is 16.8. The molecule has 0 spiro atoms. The van der Waals surface area contributed by atoms with Gasteiger partial charge in [-0.2, -0.15) is 5.10 Å². The molecule has 2 aliphatic rings. The Labute approximate surface area is 151 Å². The van der Waals surface area contributed by atoms with Gasteiger partial charge < -0.3 is 0 Å². The van der Waals surface area contributed by atoms with E-state index in [1.807, 2.05) is 15.9 Å². The number of carbonyl (C=O) groups excluding carboxylic acids is 1. The first-order valence-electron chi connectivity index (χ1n) is 9.04. The van der Waals surface area contributed by atoms with Crippen molar-refractivity contribution in [1.82, 2.24) is 18.8 Å². The Morgan fingerprint density at radius 2 is 2.00 bits per heavy atom. The summed E-state index contributed by atoms with van der Waals surface area (Å²) in [5.74, 6) is -0.868. The molecule has 2 aromatic rings. The summed E-state index contributed by atoms with van der Waals surface area (Å²) in [6.45, 7) is 3.84. The van der Waals surface area contributed by atoms with Crippen LogP contribution in [0.25, 0.3) is 10.9 Å². The molecule has 1 saturated carbocycles. The maximum atomic E-state index is 14.6. The van der Waals surface area contributed by atoms with Crippen molar-refractivity contribution < 1.29 is 9.18 Å². The van der Waals surface area contributed by atoms with Gasteiger partial charge in [0.1, 0.15) is 5.82 Å². The SMILES string of the molecule is Cc1nn(C2CCCCC2)c2cc(F)c(C(=O)NSN3CCC3)cc12. The molecule has 0 atom stereocenters. The number of hydrogen-bond acceptors (Lipinski definition) is 4. The Kier molecular flexibility index (Phi) is 4.69. The van der Waals surface area contributed by atoms with Gasteiger partial charge in [-0.05, 0) is 32.3 Å². The van der Waals surface area contributed by atoms with E-state index >= 15 is 0 Å². The Morgan fingerprint density at radius 3 is 2.68 bits per heavy atom. The lowest BCUT2D eigenvalue weighted by molar-refractivity contribution is 0.0978. The fourth-order valence-corrected chi connectivity index (χ4v) is 4.39. The maximum Gasteiger partial charge on any atom is 0.265 e. The second-order valence-corrected chi connectivity index (χ2v) is 7.88. The van der Waals surface area contributed by atoms with Crippen molar-refractivity contribution in [2.75, 3.05) is 13.1 Å². The number of nitrogens with one attached hydrogen (secondary N) is 1. The lowest BCUT2D eigenvalue weighted by Crippen LogP contribution is -2.35. The molecule has 1 aliphatic carbocycles. The van der Waals surface area contributed by atoms with Gasteiger partial charge in [0.15, 0.2) is 0 Å². The minimum absolute atomic E-state index is 0.0896. The van der Waals surface area contributed by atoms with Crippen LogP contribution in [0.5, 0.6) is 0 Å². The number of fused-ring (bicyclic) bond motifs is 1. The van der Waals surface area contributed by atoms with E-state index in [-0.39, 0.29) is 11.5 Å². The summed E-state index contributed by atoms with van der Waals surface area (Å²) in [4.78, 5) is 12.3. The summed E-state index contributed by atoms with van der Waals surface area (Å²) >= 11 is 1.26. The minimum atomic E-state index is -0.480. The van der Waals surface area contributed by atoms with Crippen LogP contribution >= 0.6 is 12.1 Å². The maximum absolute atomic E-state index is 14.6. The van der Waals surface area contributed by atoms with Gasteiger partial charge in [0, 0.05) is 36.7 Å². The second-order valence-electron chi connectivity index (χ2n) is 6.98. The van der Waals surface area contributed by atoms with Gasteiger partial charge in [-0.1, -0.05) is 19.3 Å². The molecule has 5 nitrogen and oxygen atoms in total. The van der Waals surface area contributed by atoms with Gasteiger partial charge in [0.05, 0.1) is 22.8 Å². The summed E-state index contributed by atoms with van der Waals surface area (Å²) in [5, 5.41) is 5.52. The molecule has 1 amide bonds. The first-order chi connectivity index (χ1) is 12.1. The van der Waals surface area contributed by atoms with Crippen molar-refractivity contribution in [1.29, 1.82) is 0 Å². The fraction of sp³-hybridized carbons (Fsp3) is 0.556. The number of carbonyl (C=O) groups is 1. The molecule has 4 rings (SSSR count). The molecule has 1 aliphatic heterocycles. The smallest absolute Gasteiger partial charge is 0.265 e. The van der Waals surface area contributed by atoms with Crippen LogP contribution in [0.3, 0.4) is 0 Å². The molecule has 0 unspecified atom stereocenters. The van der Waals surface area contributed by atoms with Crippen molar-refractivity contribution in [3.05, 3.63) is 29.2 Å². The first-order valence-corrected chi connectivity index (χ1v) is 9.81. The van der Waals surface area contributed by atoms with E-state index in [1.165, 1.54) is 37.5 Å². The van der Waals surface area contributed by atoms with Crippen LogP contribution in [-0.4, -0.2) is 33.1 Å². The predicted octanol–water partition coefficient (Wildman–Crippen LogP) is 3.99. The normalized spacial score (nSPS) is 19.1. The summed E-state index contributed by atoms with van der Waals surface area (Å²) in [6.07, 6.45) is 6.98. The van der Waals surface area contributed by atoms with Crippen LogP contribution in [-0.2, 0) is 0 Å². The van der Waals surface area contributed by atoms with Gasteiger partial charge in [-0.3, -0.25) is 14.2 Å². The van der Waals surface area contributed by atoms with Gasteiger partial charge in [-0.25, -0.2) is 8.70 Å². The van der Waals surface area contributed by atoms with E-state index in [2.05, 4.69) is 9.82 Å². The number of benzene rings is 1. The molecule has 134 valence electrons. The Morgan fingerprint density at radius 1 is 1.24 bits per heavy atom. The average molecular weight is 362 g/mol. The molecular weight excluding hydrogens is 339 g/mol. The van der Waals surface area contributed by atoms with Gasteiger partial charge in [0.25, 0.3) is 5.91 Å². The molecule has 2 heterocycles. The summed E-state index contributed by atoms with van der Waals surface area (Å²) in [5.41, 5.74) is 1.74. The zero-order valence-electron chi connectivity index (χ0n) is 14.4. The average Bonchev–Trinajstić information content (AvgIpc) is 2.89. The molecule has 1 saturated heterocycles. The third kappa shape index (κ3) is 3.27. The number of amides is 1. The largest absolute Gasteiger partial charge is 0.283 e. The van der Waals surface area contributed by atoms with Crippen molar-refractivity contribution >= 4 is 28.9 Å². The summed E-state index contributed by atoms with van der Waals surface area (Å²) in [7, 11) is 0. The Balaban J connectivity index is 1.62. The molecule has 25 heavy (non-hydrogen) atoms. The lowest BCUT2D eigenvalue weighted by Gasteiger charge is -2.28. The predicted molar refractivity (Wildman–Crippen MR) is 97.8 cm³/mol. The van der Waals surface area contributed by atoms with Crippen LogP contribution in [0.15, 0.2) is 12.1 Å². The number of hydrogen-bond donors (Lipinski definition) is 1. The highest BCUT2D eigenvalue weighted by atomic mass is 32.2. The number of rotatable bonds is 4. The monoisotopic (exact) mass is 362 g/mol. The second kappa shape index (κ2) is 6.96. The summed E-state index contributed by atoms with van der Waals surface area (Å²) < 4.78 is 21.4. The van der Waals surface area contributed by atoms with Crippen LogP contribution in [0.2, 0.25) is 0 Å². The highest BCUT2D eigenvalue weighted by Crippen LogP contribution is 2.32. The van der Waals surface area contributed by atoms with Crippen molar-refractivity contribution in [3.8, 4) is 0 Å².